The maximum Gasteiger partial charge on any atom is 0.191 e. The summed E-state index contributed by atoms with van der Waals surface area (Å²) in [6.45, 7) is 5.02. The normalized spacial score (nSPS) is 12.6. The van der Waals surface area contributed by atoms with Crippen LogP contribution in [0.25, 0.3) is 0 Å². The highest BCUT2D eigenvalue weighted by Gasteiger charge is 2.08. The van der Waals surface area contributed by atoms with Crippen LogP contribution in [0.5, 0.6) is 0 Å². The molecule has 0 amide bonds. The summed E-state index contributed by atoms with van der Waals surface area (Å²) in [5, 5.41) is 9.74. The minimum Gasteiger partial charge on any atom is -0.354 e. The molecule has 1 atom stereocenters. The van der Waals surface area contributed by atoms with Gasteiger partial charge in [0, 0.05) is 40.8 Å². The predicted molar refractivity (Wildman–Crippen MR) is 103 cm³/mol. The Morgan fingerprint density at radius 2 is 2.24 bits per heavy atom. The van der Waals surface area contributed by atoms with Gasteiger partial charge in [0.05, 0.1) is 6.54 Å². The van der Waals surface area contributed by atoms with Gasteiger partial charge in [-0.05, 0) is 26.0 Å². The molecule has 0 aliphatic carbocycles. The molecule has 2 N–H and O–H groups in total. The molecule has 1 unspecified atom stereocenters. The molecular formula is C14H21IN4S2. The summed E-state index contributed by atoms with van der Waals surface area (Å²) in [5.74, 6) is 0.820. The summed E-state index contributed by atoms with van der Waals surface area (Å²) >= 11 is 3.50. The van der Waals surface area contributed by atoms with Gasteiger partial charge in [-0.3, -0.25) is 4.99 Å². The average molecular weight is 436 g/mol. The summed E-state index contributed by atoms with van der Waals surface area (Å²) in [5.41, 5.74) is 0. The molecule has 7 heteroatoms. The van der Waals surface area contributed by atoms with Crippen molar-refractivity contribution in [3.8, 4) is 0 Å². The number of guanidine groups is 1. The van der Waals surface area contributed by atoms with Crippen LogP contribution in [0.2, 0.25) is 0 Å². The first-order chi connectivity index (χ1) is 9.67. The Morgan fingerprint density at radius 3 is 2.81 bits per heavy atom. The van der Waals surface area contributed by atoms with Crippen LogP contribution in [0, 0.1) is 6.92 Å². The van der Waals surface area contributed by atoms with Crippen molar-refractivity contribution in [3.63, 3.8) is 0 Å². The maximum atomic E-state index is 4.25. The summed E-state index contributed by atoms with van der Waals surface area (Å²) in [6.07, 6.45) is 2.83. The van der Waals surface area contributed by atoms with E-state index in [1.807, 2.05) is 22.9 Å². The fourth-order valence-corrected chi connectivity index (χ4v) is 3.45. The second-order valence-electron chi connectivity index (χ2n) is 4.61. The van der Waals surface area contributed by atoms with Gasteiger partial charge in [0.1, 0.15) is 5.01 Å². The van der Waals surface area contributed by atoms with Gasteiger partial charge in [0.2, 0.25) is 0 Å². The highest BCUT2D eigenvalue weighted by Crippen LogP contribution is 2.16. The largest absolute Gasteiger partial charge is 0.354 e. The van der Waals surface area contributed by atoms with Crippen molar-refractivity contribution in [3.05, 3.63) is 38.5 Å². The van der Waals surface area contributed by atoms with E-state index in [-0.39, 0.29) is 24.0 Å². The van der Waals surface area contributed by atoms with Gasteiger partial charge in [-0.1, -0.05) is 0 Å². The second kappa shape index (κ2) is 9.37. The smallest absolute Gasteiger partial charge is 0.191 e. The number of nitrogens with one attached hydrogen (secondary N) is 2. The summed E-state index contributed by atoms with van der Waals surface area (Å²) in [7, 11) is 1.79. The van der Waals surface area contributed by atoms with E-state index >= 15 is 0 Å². The molecule has 0 radical (unpaired) electrons. The molecule has 0 saturated carbocycles. The van der Waals surface area contributed by atoms with E-state index in [1.54, 1.807) is 18.4 Å². The van der Waals surface area contributed by atoms with Crippen LogP contribution in [0.15, 0.2) is 28.7 Å². The number of hydrogen-bond donors (Lipinski definition) is 2. The van der Waals surface area contributed by atoms with Crippen LogP contribution >= 0.6 is 46.7 Å². The lowest BCUT2D eigenvalue weighted by molar-refractivity contribution is 0.644. The number of aromatic nitrogens is 1. The number of nitrogens with zero attached hydrogens (tertiary/aromatic N) is 2. The van der Waals surface area contributed by atoms with Gasteiger partial charge in [-0.2, -0.15) is 0 Å². The molecule has 0 aromatic carbocycles. The Bertz CT molecular complexity index is 551. The van der Waals surface area contributed by atoms with Crippen molar-refractivity contribution in [2.75, 3.05) is 7.05 Å². The van der Waals surface area contributed by atoms with E-state index in [4.69, 9.17) is 0 Å². The van der Waals surface area contributed by atoms with Crippen LogP contribution in [-0.4, -0.2) is 24.0 Å². The third-order valence-electron chi connectivity index (χ3n) is 2.80. The van der Waals surface area contributed by atoms with E-state index in [0.29, 0.717) is 12.6 Å². The van der Waals surface area contributed by atoms with Crippen molar-refractivity contribution in [2.45, 2.75) is 32.9 Å². The number of rotatable bonds is 5. The molecule has 4 nitrogen and oxygen atoms in total. The quantitative estimate of drug-likeness (QED) is 0.429. The van der Waals surface area contributed by atoms with E-state index in [9.17, 15) is 0 Å². The van der Waals surface area contributed by atoms with Crippen molar-refractivity contribution in [1.82, 2.24) is 15.6 Å². The van der Waals surface area contributed by atoms with Crippen molar-refractivity contribution >= 4 is 52.6 Å². The maximum absolute atomic E-state index is 4.25. The van der Waals surface area contributed by atoms with Crippen molar-refractivity contribution in [2.24, 2.45) is 4.99 Å². The Morgan fingerprint density at radius 1 is 1.43 bits per heavy atom. The Hall–Kier alpha value is -0.670. The summed E-state index contributed by atoms with van der Waals surface area (Å²) in [6, 6.07) is 4.71. The molecule has 0 saturated heterocycles. The minimum atomic E-state index is 0. The fraction of sp³-hybridized carbons (Fsp3) is 0.429. The fourth-order valence-electron chi connectivity index (χ4n) is 1.88. The SMILES string of the molecule is CN=C(NCc1nccs1)NC(C)Cc1ccc(C)s1.I. The topological polar surface area (TPSA) is 49.3 Å². The summed E-state index contributed by atoms with van der Waals surface area (Å²) in [4.78, 5) is 11.3. The molecule has 2 aromatic heterocycles. The summed E-state index contributed by atoms with van der Waals surface area (Å²) < 4.78 is 0. The van der Waals surface area contributed by atoms with Crippen LogP contribution < -0.4 is 10.6 Å². The Kier molecular flexibility index (Phi) is 8.20. The van der Waals surface area contributed by atoms with E-state index in [1.165, 1.54) is 9.75 Å². The van der Waals surface area contributed by atoms with Crippen LogP contribution in [0.1, 0.15) is 21.7 Å². The lowest BCUT2D eigenvalue weighted by Gasteiger charge is -2.16. The van der Waals surface area contributed by atoms with Crippen LogP contribution in [0.4, 0.5) is 0 Å². The minimum absolute atomic E-state index is 0. The molecule has 0 fully saturated rings. The zero-order valence-electron chi connectivity index (χ0n) is 12.4. The lowest BCUT2D eigenvalue weighted by atomic mass is 10.2. The number of thiazole rings is 1. The van der Waals surface area contributed by atoms with Gasteiger partial charge >= 0.3 is 0 Å². The van der Waals surface area contributed by atoms with E-state index in [2.05, 4.69) is 46.6 Å². The lowest BCUT2D eigenvalue weighted by Crippen LogP contribution is -2.42. The number of halogens is 1. The number of thiophene rings is 1. The first-order valence-electron chi connectivity index (χ1n) is 6.58. The standard InChI is InChI=1S/C14H20N4S2.HI/c1-10(8-12-5-4-11(2)20-12)18-14(15-3)17-9-13-16-6-7-19-13;/h4-7,10H,8-9H2,1-3H3,(H2,15,17,18);1H. The third kappa shape index (κ3) is 6.31. The predicted octanol–water partition coefficient (Wildman–Crippen LogP) is 3.43. The monoisotopic (exact) mass is 436 g/mol. The zero-order chi connectivity index (χ0) is 14.4. The molecule has 0 bridgehead atoms. The average Bonchev–Trinajstić information content (AvgIpc) is 3.06. The third-order valence-corrected chi connectivity index (χ3v) is 4.60. The number of aliphatic imine (C=N–C) groups is 1. The zero-order valence-corrected chi connectivity index (χ0v) is 16.4. The van der Waals surface area contributed by atoms with Gasteiger partial charge in [0.25, 0.3) is 0 Å². The molecule has 2 aromatic rings. The van der Waals surface area contributed by atoms with Crippen molar-refractivity contribution in [1.29, 1.82) is 0 Å². The molecular weight excluding hydrogens is 415 g/mol. The molecule has 116 valence electrons. The first kappa shape index (κ1) is 18.4. The van der Waals surface area contributed by atoms with Gasteiger partial charge in [-0.25, -0.2) is 4.98 Å². The number of hydrogen-bond acceptors (Lipinski definition) is 4. The first-order valence-corrected chi connectivity index (χ1v) is 8.28. The van der Waals surface area contributed by atoms with Gasteiger partial charge in [-0.15, -0.1) is 46.7 Å². The molecule has 2 heterocycles. The molecule has 0 spiro atoms. The van der Waals surface area contributed by atoms with Crippen LogP contribution in [-0.2, 0) is 13.0 Å². The molecule has 21 heavy (non-hydrogen) atoms. The number of aryl methyl sites for hydroxylation is 1. The van der Waals surface area contributed by atoms with E-state index in [0.717, 1.165) is 17.4 Å². The second-order valence-corrected chi connectivity index (χ2v) is 6.97. The Balaban J connectivity index is 0.00000220. The highest BCUT2D eigenvalue weighted by molar-refractivity contribution is 14.0. The molecule has 2 rings (SSSR count). The van der Waals surface area contributed by atoms with E-state index < -0.39 is 0 Å². The Labute approximate surface area is 151 Å². The van der Waals surface area contributed by atoms with Gasteiger partial charge in [0.15, 0.2) is 5.96 Å². The molecule has 0 aliphatic rings. The van der Waals surface area contributed by atoms with Crippen LogP contribution in [0.3, 0.4) is 0 Å². The molecule has 0 aliphatic heterocycles. The highest BCUT2D eigenvalue weighted by atomic mass is 127. The van der Waals surface area contributed by atoms with Crippen molar-refractivity contribution < 1.29 is 0 Å². The van der Waals surface area contributed by atoms with Gasteiger partial charge < -0.3 is 10.6 Å².